The van der Waals surface area contributed by atoms with Crippen LogP contribution in [-0.2, 0) is 21.2 Å². The fourth-order valence-electron chi connectivity index (χ4n) is 3.47. The average Bonchev–Trinajstić information content (AvgIpc) is 2.73. The molecule has 3 rings (SSSR count). The van der Waals surface area contributed by atoms with Crippen molar-refractivity contribution in [3.8, 4) is 0 Å². The van der Waals surface area contributed by atoms with Crippen LogP contribution < -0.4 is 10.5 Å². The fraction of sp³-hybridized carbons (Fsp3) is 0.333. The predicted octanol–water partition coefficient (Wildman–Crippen LogP) is 2.20. The van der Waals surface area contributed by atoms with Crippen LogP contribution in [0.5, 0.6) is 0 Å². The van der Waals surface area contributed by atoms with Crippen LogP contribution in [0.15, 0.2) is 53.4 Å². The van der Waals surface area contributed by atoms with Gasteiger partial charge in [0.1, 0.15) is 0 Å². The summed E-state index contributed by atoms with van der Waals surface area (Å²) in [6.45, 7) is 1.44. The van der Waals surface area contributed by atoms with Crippen LogP contribution in [0, 0.1) is 5.92 Å². The molecule has 1 unspecified atom stereocenters. The Morgan fingerprint density at radius 1 is 1.10 bits per heavy atom. The second-order valence-corrected chi connectivity index (χ2v) is 9.33. The molecule has 0 saturated carbocycles. The van der Waals surface area contributed by atoms with Gasteiger partial charge in [-0.05, 0) is 61.2 Å². The summed E-state index contributed by atoms with van der Waals surface area (Å²) < 4.78 is 22.6. The summed E-state index contributed by atoms with van der Waals surface area (Å²) in [5.41, 5.74) is 1.45. The first-order valence-electron chi connectivity index (χ1n) is 9.68. The number of sulfonamides is 1. The van der Waals surface area contributed by atoms with Gasteiger partial charge in [0.25, 0.3) is 5.91 Å². The van der Waals surface area contributed by atoms with Crippen molar-refractivity contribution < 1.29 is 18.0 Å². The highest BCUT2D eigenvalue weighted by atomic mass is 35.5. The molecule has 1 heterocycles. The van der Waals surface area contributed by atoms with Crippen LogP contribution in [0.1, 0.15) is 28.8 Å². The summed E-state index contributed by atoms with van der Waals surface area (Å²) in [6.07, 6.45) is 2.07. The molecular formula is C21H24ClN3O4S. The van der Waals surface area contributed by atoms with Crippen molar-refractivity contribution in [2.24, 2.45) is 11.1 Å². The molecule has 2 aromatic rings. The molecule has 1 aliphatic heterocycles. The summed E-state index contributed by atoms with van der Waals surface area (Å²) >= 11 is 5.88. The molecule has 1 fully saturated rings. The third-order valence-electron chi connectivity index (χ3n) is 5.14. The van der Waals surface area contributed by atoms with E-state index >= 15 is 0 Å². The maximum Gasteiger partial charge on any atom is 0.253 e. The van der Waals surface area contributed by atoms with E-state index in [0.717, 1.165) is 18.4 Å². The van der Waals surface area contributed by atoms with Crippen LogP contribution in [-0.4, -0.2) is 44.8 Å². The Morgan fingerprint density at radius 3 is 2.40 bits per heavy atom. The highest BCUT2D eigenvalue weighted by molar-refractivity contribution is 7.89. The van der Waals surface area contributed by atoms with Gasteiger partial charge in [0, 0.05) is 30.2 Å². The molecule has 2 aromatic carbocycles. The molecule has 7 nitrogen and oxygen atoms in total. The quantitative estimate of drug-likeness (QED) is 0.704. The minimum atomic E-state index is -3.71. The molecule has 0 spiro atoms. The van der Waals surface area contributed by atoms with E-state index in [0.29, 0.717) is 36.6 Å². The molecule has 1 atom stereocenters. The van der Waals surface area contributed by atoms with Crippen molar-refractivity contribution in [1.82, 2.24) is 10.2 Å². The first-order chi connectivity index (χ1) is 14.2. The Balaban J connectivity index is 1.50. The summed E-state index contributed by atoms with van der Waals surface area (Å²) in [5.74, 6) is -0.427. The minimum absolute atomic E-state index is 0.0583. The summed E-state index contributed by atoms with van der Waals surface area (Å²) in [7, 11) is -3.71. The summed E-state index contributed by atoms with van der Waals surface area (Å²) in [5, 5.41) is 8.57. The lowest BCUT2D eigenvalue weighted by molar-refractivity contribution is -0.126. The van der Waals surface area contributed by atoms with Crippen LogP contribution >= 0.6 is 11.6 Å². The number of nitrogens with zero attached hydrogens (tertiary/aromatic N) is 1. The zero-order valence-electron chi connectivity index (χ0n) is 16.4. The number of hydrogen-bond acceptors (Lipinski definition) is 4. The van der Waals surface area contributed by atoms with Gasteiger partial charge < -0.3 is 10.2 Å². The number of nitrogens with one attached hydrogen (secondary N) is 1. The van der Waals surface area contributed by atoms with Crippen molar-refractivity contribution in [1.29, 1.82) is 0 Å². The van der Waals surface area contributed by atoms with Gasteiger partial charge in [-0.2, -0.15) is 0 Å². The number of likely N-dealkylation sites (tertiary alicyclic amines) is 1. The molecule has 0 aliphatic carbocycles. The van der Waals surface area contributed by atoms with Gasteiger partial charge in [-0.25, -0.2) is 13.6 Å². The van der Waals surface area contributed by atoms with Gasteiger partial charge in [0.2, 0.25) is 15.9 Å². The molecule has 160 valence electrons. The average molecular weight is 450 g/mol. The van der Waals surface area contributed by atoms with Gasteiger partial charge in [-0.15, -0.1) is 0 Å². The highest BCUT2D eigenvalue weighted by Crippen LogP contribution is 2.20. The SMILES string of the molecule is NS(=O)(=O)c1ccc(CCNC(=O)C2CCCN(C(=O)c3ccc(Cl)cc3)C2)cc1. The predicted molar refractivity (Wildman–Crippen MR) is 115 cm³/mol. The van der Waals surface area contributed by atoms with Gasteiger partial charge in [-0.1, -0.05) is 23.7 Å². The second kappa shape index (κ2) is 9.59. The van der Waals surface area contributed by atoms with Gasteiger partial charge in [0.05, 0.1) is 10.8 Å². The zero-order valence-corrected chi connectivity index (χ0v) is 18.0. The highest BCUT2D eigenvalue weighted by Gasteiger charge is 2.28. The Morgan fingerprint density at radius 2 is 1.77 bits per heavy atom. The number of carbonyl (C=O) groups is 2. The fourth-order valence-corrected chi connectivity index (χ4v) is 4.11. The van der Waals surface area contributed by atoms with Gasteiger partial charge >= 0.3 is 0 Å². The topological polar surface area (TPSA) is 110 Å². The summed E-state index contributed by atoms with van der Waals surface area (Å²) in [4.78, 5) is 27.0. The molecule has 2 amide bonds. The molecule has 1 aliphatic rings. The number of rotatable bonds is 6. The molecule has 3 N–H and O–H groups in total. The maximum absolute atomic E-state index is 12.7. The van der Waals surface area contributed by atoms with Crippen LogP contribution in [0.4, 0.5) is 0 Å². The van der Waals surface area contributed by atoms with E-state index in [1.807, 2.05) is 0 Å². The van der Waals surface area contributed by atoms with E-state index in [4.69, 9.17) is 16.7 Å². The standard InChI is InChI=1S/C21H24ClN3O4S/c22-18-7-5-16(6-8-18)21(27)25-13-1-2-17(14-25)20(26)24-12-11-15-3-9-19(10-4-15)30(23,28)29/h3-10,17H,1-2,11-14H2,(H,24,26)(H2,23,28,29). The Hall–Kier alpha value is -2.42. The third-order valence-corrected chi connectivity index (χ3v) is 6.32. The zero-order chi connectivity index (χ0) is 21.7. The molecular weight excluding hydrogens is 426 g/mol. The monoisotopic (exact) mass is 449 g/mol. The van der Waals surface area contributed by atoms with Gasteiger partial charge in [0.15, 0.2) is 0 Å². The largest absolute Gasteiger partial charge is 0.355 e. The van der Waals surface area contributed by atoms with E-state index in [2.05, 4.69) is 5.32 Å². The van der Waals surface area contributed by atoms with Crippen molar-refractivity contribution in [2.75, 3.05) is 19.6 Å². The number of nitrogens with two attached hydrogens (primary N) is 1. The van der Waals surface area contributed by atoms with Gasteiger partial charge in [-0.3, -0.25) is 9.59 Å². The van der Waals surface area contributed by atoms with Crippen LogP contribution in [0.25, 0.3) is 0 Å². The number of carbonyl (C=O) groups excluding carboxylic acids is 2. The lowest BCUT2D eigenvalue weighted by Crippen LogP contribution is -2.45. The number of amides is 2. The van der Waals surface area contributed by atoms with Crippen LogP contribution in [0.2, 0.25) is 5.02 Å². The normalized spacial score (nSPS) is 16.9. The Kier molecular flexibility index (Phi) is 7.12. The maximum atomic E-state index is 12.7. The molecule has 0 radical (unpaired) electrons. The van der Waals surface area contributed by atoms with Crippen LogP contribution in [0.3, 0.4) is 0 Å². The molecule has 9 heteroatoms. The smallest absolute Gasteiger partial charge is 0.253 e. The number of hydrogen-bond donors (Lipinski definition) is 2. The number of benzene rings is 2. The molecule has 0 aromatic heterocycles. The second-order valence-electron chi connectivity index (χ2n) is 7.33. The number of piperidine rings is 1. The van der Waals surface area contributed by atoms with E-state index < -0.39 is 10.0 Å². The van der Waals surface area contributed by atoms with Crippen molar-refractivity contribution in [3.63, 3.8) is 0 Å². The number of halogens is 1. The van der Waals surface area contributed by atoms with E-state index in [1.165, 1.54) is 12.1 Å². The Labute approximate surface area is 181 Å². The Bertz CT molecular complexity index is 1010. The first kappa shape index (κ1) is 22.3. The first-order valence-corrected chi connectivity index (χ1v) is 11.6. The summed E-state index contributed by atoms with van der Waals surface area (Å²) in [6, 6.07) is 13.0. The third kappa shape index (κ3) is 5.81. The molecule has 30 heavy (non-hydrogen) atoms. The van der Waals surface area contributed by atoms with Crippen molar-refractivity contribution in [3.05, 3.63) is 64.7 Å². The lowest BCUT2D eigenvalue weighted by Gasteiger charge is -2.32. The molecule has 0 bridgehead atoms. The molecule has 1 saturated heterocycles. The van der Waals surface area contributed by atoms with Crippen molar-refractivity contribution >= 4 is 33.4 Å². The van der Waals surface area contributed by atoms with Crippen molar-refractivity contribution in [2.45, 2.75) is 24.2 Å². The van der Waals surface area contributed by atoms with E-state index in [9.17, 15) is 18.0 Å². The van der Waals surface area contributed by atoms with E-state index in [1.54, 1.807) is 41.3 Å². The minimum Gasteiger partial charge on any atom is -0.355 e. The lowest BCUT2D eigenvalue weighted by atomic mass is 9.96. The number of primary sulfonamides is 1. The van der Waals surface area contributed by atoms with E-state index in [-0.39, 0.29) is 22.6 Å².